The summed E-state index contributed by atoms with van der Waals surface area (Å²) in [5, 5.41) is 0. The van der Waals surface area contributed by atoms with Gasteiger partial charge in [0.05, 0.1) is 6.20 Å². The van der Waals surface area contributed by atoms with E-state index in [2.05, 4.69) is 221 Å². The van der Waals surface area contributed by atoms with Gasteiger partial charge in [0.15, 0.2) is 23.6 Å². The van der Waals surface area contributed by atoms with Gasteiger partial charge in [-0.3, -0.25) is 19.4 Å². The third-order valence-corrected chi connectivity index (χ3v) is 9.06. The molecule has 0 radical (unpaired) electrons. The fourth-order valence-corrected chi connectivity index (χ4v) is 7.32. The van der Waals surface area contributed by atoms with Gasteiger partial charge < -0.3 is 9.30 Å². The Morgan fingerprint density at radius 3 is 1.37 bits per heavy atom. The van der Waals surface area contributed by atoms with Crippen molar-refractivity contribution < 1.29 is 37.7 Å². The van der Waals surface area contributed by atoms with Crippen molar-refractivity contribution in [1.29, 1.82) is 0 Å². The summed E-state index contributed by atoms with van der Waals surface area (Å²) in [5.74, 6) is 1.62. The van der Waals surface area contributed by atoms with E-state index in [1.165, 1.54) is 44.5 Å². The Hall–Kier alpha value is -3.93. The zero-order valence-corrected chi connectivity index (χ0v) is 38.4. The average molecular weight is 990 g/mol. The van der Waals surface area contributed by atoms with Crippen LogP contribution in [-0.4, -0.2) is 37.5 Å². The van der Waals surface area contributed by atoms with Crippen molar-refractivity contribution in [1.82, 2.24) is 24.5 Å². The third kappa shape index (κ3) is 10.2. The molecule has 0 saturated heterocycles. The van der Waals surface area contributed by atoms with Gasteiger partial charge in [0, 0.05) is 41.8 Å². The number of nitrogens with zero attached hydrogens (tertiary/aromatic N) is 8. The van der Waals surface area contributed by atoms with Crippen molar-refractivity contribution in [2.45, 2.75) is 68.7 Å². The molecule has 0 unspecified atom stereocenters. The Labute approximate surface area is 367 Å². The van der Waals surface area contributed by atoms with Crippen LogP contribution in [0.15, 0.2) is 97.6 Å². The number of rotatable bonds is 6. The number of fused-ring (bicyclic) bond motifs is 2. The zero-order valence-electron chi connectivity index (χ0n) is 33.4. The molecule has 57 heavy (non-hydrogen) atoms. The summed E-state index contributed by atoms with van der Waals surface area (Å²) < 4.78 is 10.2. The second-order valence-electron chi connectivity index (χ2n) is 14.1. The van der Waals surface area contributed by atoms with Crippen LogP contribution in [0.1, 0.15) is 51.4 Å². The van der Waals surface area contributed by atoms with E-state index >= 15 is 0 Å². The predicted molar refractivity (Wildman–Crippen MR) is 230 cm³/mol. The summed E-state index contributed by atoms with van der Waals surface area (Å²) in [5.41, 5.74) is 15.5. The van der Waals surface area contributed by atoms with Crippen LogP contribution in [0.25, 0.3) is 22.7 Å². The minimum absolute atomic E-state index is 0.343. The molecular formula is C44H46Br2Cu2N8O+. The van der Waals surface area contributed by atoms with Crippen LogP contribution >= 0.6 is 28.2 Å². The normalized spacial score (nSPS) is 12.0. The summed E-state index contributed by atoms with van der Waals surface area (Å²) >= 11 is 13.0. The van der Waals surface area contributed by atoms with E-state index in [9.17, 15) is 0 Å². The van der Waals surface area contributed by atoms with E-state index in [0.29, 0.717) is 6.61 Å². The van der Waals surface area contributed by atoms with Crippen LogP contribution in [-0.2, 0) is 33.1 Å². The van der Waals surface area contributed by atoms with Crippen LogP contribution in [0.4, 0.5) is 23.0 Å². The van der Waals surface area contributed by atoms with Crippen LogP contribution in [0.5, 0.6) is 0 Å². The number of ether oxygens (including phenoxy) is 1. The van der Waals surface area contributed by atoms with Gasteiger partial charge in [0.25, 0.3) is 0 Å². The molecule has 8 rings (SSSR count). The number of anilines is 4. The molecule has 0 bridgehead atoms. The van der Waals surface area contributed by atoms with Gasteiger partial charge in [-0.2, -0.15) is 4.98 Å². The Morgan fingerprint density at radius 2 is 0.947 bits per heavy atom. The quantitative estimate of drug-likeness (QED) is 0.0933. The Kier molecular flexibility index (Phi) is 15.6. The molecule has 0 amide bonds. The number of hydrogen-bond donors (Lipinski definition) is 0. The molecule has 9 nitrogen and oxygen atoms in total. The van der Waals surface area contributed by atoms with E-state index in [1.807, 2.05) is 16.1 Å². The fourth-order valence-electron chi connectivity index (χ4n) is 7.32. The maximum absolute atomic E-state index is 6.25. The standard InChI is InChI=1S/C23H26N4O.C21H20N4.2BrH.2Cu/c1-6-28-23-26(19-11-15(2)9-16(3)12-19)21-22(25-8-7-24-21)27(23)20-13-17(4)10-18(5)14-20;1-14-7-15(2)10-18(9-14)24-13-25(21-20(24)22-5-6-23-21)19-11-16(3)8-17(4)12-19;;;;/h7-14,23H,6H2,1-5H3;5-12H,1-4H3;2*1H;;/q;;;;+1;+2/p-2. The van der Waals surface area contributed by atoms with Gasteiger partial charge in [0.2, 0.25) is 12.0 Å². The number of hydrogen-bond acceptors (Lipinski definition) is 7. The monoisotopic (exact) mass is 986 g/mol. The Bertz CT molecular complexity index is 2230. The van der Waals surface area contributed by atoms with E-state index in [4.69, 9.17) is 4.74 Å². The number of aryl methyl sites for hydroxylation is 8. The fraction of sp³-hybridized carbons (Fsp3) is 0.250. The molecule has 4 heterocycles. The molecule has 3 aromatic heterocycles. The van der Waals surface area contributed by atoms with Gasteiger partial charge in [-0.05, 0) is 109 Å². The molecule has 4 aromatic carbocycles. The van der Waals surface area contributed by atoms with Crippen molar-refractivity contribution in [2.24, 2.45) is 0 Å². The first-order valence-electron chi connectivity index (χ1n) is 18.2. The van der Waals surface area contributed by atoms with E-state index in [0.717, 1.165) is 45.7 Å². The summed E-state index contributed by atoms with van der Waals surface area (Å²) in [6.45, 7) is 19.5. The first-order chi connectivity index (χ1) is 27.5. The molecule has 0 saturated carbocycles. The first-order valence-corrected chi connectivity index (χ1v) is 22.9. The molecule has 0 fully saturated rings. The predicted octanol–water partition coefficient (Wildman–Crippen LogP) is 10.7. The second kappa shape index (κ2) is 20.2. The Balaban J connectivity index is 0.000000201. The molecule has 1 aliphatic rings. The van der Waals surface area contributed by atoms with Gasteiger partial charge in [-0.25, -0.2) is 9.97 Å². The zero-order chi connectivity index (χ0) is 41.4. The van der Waals surface area contributed by atoms with Crippen LogP contribution in [0.3, 0.4) is 0 Å². The summed E-state index contributed by atoms with van der Waals surface area (Å²) in [7, 11) is 0. The minimum atomic E-state index is -0.343. The first kappa shape index (κ1) is 44.2. The molecule has 0 atom stereocenters. The molecule has 0 aliphatic carbocycles. The number of halogens is 2. The number of aromatic nitrogens is 6. The van der Waals surface area contributed by atoms with Crippen LogP contribution in [0, 0.1) is 61.7 Å². The molecular weight excluding hydrogens is 943 g/mol. The average Bonchev–Trinajstić information content (AvgIpc) is 3.72. The number of benzene rings is 4. The van der Waals surface area contributed by atoms with Crippen molar-refractivity contribution in [3.63, 3.8) is 0 Å². The molecule has 303 valence electrons. The number of imidazole rings is 1. The van der Waals surface area contributed by atoms with Gasteiger partial charge in [-0.15, -0.1) is 0 Å². The van der Waals surface area contributed by atoms with Crippen molar-refractivity contribution in [3.8, 4) is 11.4 Å². The SMILES string of the molecule is CCOC1N(c2cc(C)cc(C)c2)c2nccnc2N1c1cc(C)cc(C)c1.Cc1cc(C)cc(-n2[c-][n+](-c3cc(C)cc(C)c3)c3nccnc32)c1.[Cu+][Br].[Cu][Br]. The summed E-state index contributed by atoms with van der Waals surface area (Å²) in [4.78, 5) is 22.7. The van der Waals surface area contributed by atoms with Crippen molar-refractivity contribution in [2.75, 3.05) is 16.4 Å². The van der Waals surface area contributed by atoms with Crippen LogP contribution in [0.2, 0.25) is 0 Å². The van der Waals surface area contributed by atoms with Crippen molar-refractivity contribution >= 4 is 62.5 Å². The Morgan fingerprint density at radius 1 is 0.579 bits per heavy atom. The third-order valence-electron chi connectivity index (χ3n) is 9.06. The van der Waals surface area contributed by atoms with Gasteiger partial charge in [-0.1, -0.05) is 70.8 Å². The molecule has 7 aromatic rings. The van der Waals surface area contributed by atoms with Crippen molar-refractivity contribution in [3.05, 3.63) is 148 Å². The molecule has 1 aliphatic heterocycles. The van der Waals surface area contributed by atoms with Crippen LogP contribution < -0.4 is 14.4 Å². The van der Waals surface area contributed by atoms with E-state index in [1.54, 1.807) is 24.8 Å². The summed E-state index contributed by atoms with van der Waals surface area (Å²) in [6, 6.07) is 25.9. The van der Waals surface area contributed by atoms with E-state index < -0.39 is 0 Å². The molecule has 0 spiro atoms. The van der Waals surface area contributed by atoms with Gasteiger partial charge >= 0.3 is 56.6 Å². The molecule has 13 heteroatoms. The van der Waals surface area contributed by atoms with E-state index in [-0.39, 0.29) is 6.35 Å². The summed E-state index contributed by atoms with van der Waals surface area (Å²) in [6.07, 6.45) is 10.0. The molecule has 0 N–H and O–H groups in total. The van der Waals surface area contributed by atoms with Gasteiger partial charge in [0.1, 0.15) is 6.20 Å². The second-order valence-corrected chi connectivity index (χ2v) is 14.1. The maximum atomic E-state index is 6.25. The topological polar surface area (TPSA) is 76.1 Å².